The molecule has 108 valence electrons. The maximum atomic E-state index is 3.42. The third-order valence-electron chi connectivity index (χ3n) is 3.67. The van der Waals surface area contributed by atoms with Gasteiger partial charge in [-0.2, -0.15) is 0 Å². The topological polar surface area (TPSA) is 0 Å². The van der Waals surface area contributed by atoms with Crippen LogP contribution in [0.5, 0.6) is 0 Å². The van der Waals surface area contributed by atoms with E-state index in [1.807, 2.05) is 6.92 Å². The Bertz CT molecular complexity index is 512. The second-order valence-corrected chi connectivity index (χ2v) is 6.17. The van der Waals surface area contributed by atoms with Gasteiger partial charge in [0.25, 0.3) is 0 Å². The molecule has 0 radical (unpaired) electrons. The summed E-state index contributed by atoms with van der Waals surface area (Å²) in [4.78, 5) is 0. The molecule has 0 bridgehead atoms. The lowest BCUT2D eigenvalue weighted by molar-refractivity contribution is 0.643. The first kappa shape index (κ1) is 16.6. The minimum Gasteiger partial charge on any atom is -0.106 e. The average Bonchev–Trinajstić information content (AvgIpc) is 2.33. The van der Waals surface area contributed by atoms with Gasteiger partial charge in [-0.25, -0.2) is 0 Å². The molecule has 0 spiro atoms. The van der Waals surface area contributed by atoms with Crippen molar-refractivity contribution < 1.29 is 0 Å². The first-order chi connectivity index (χ1) is 9.36. The van der Waals surface area contributed by atoms with Gasteiger partial charge in [0.15, 0.2) is 0 Å². The highest BCUT2D eigenvalue weighted by molar-refractivity contribution is 5.44. The summed E-state index contributed by atoms with van der Waals surface area (Å²) >= 11 is 0. The minimum atomic E-state index is 0.288. The molecule has 0 unspecified atom stereocenters. The van der Waals surface area contributed by atoms with Crippen LogP contribution in [0.25, 0.3) is 0 Å². The standard InChI is InChI=1S/C20H28/c1-8-9-19(16(5)11-10-14(2)3)20-17(6)12-15(4)13-18(20)7/h10-14,16,19H,1-7H3/b11-10+/t16-,19-/m0/s1. The first-order valence-corrected chi connectivity index (χ1v) is 7.55. The number of benzene rings is 1. The van der Waals surface area contributed by atoms with Gasteiger partial charge < -0.3 is 0 Å². The molecule has 1 rings (SSSR count). The molecule has 0 aliphatic rings. The Morgan fingerprint density at radius 2 is 1.50 bits per heavy atom. The van der Waals surface area contributed by atoms with Crippen LogP contribution in [0.1, 0.15) is 55.9 Å². The molecule has 1 aromatic carbocycles. The molecule has 0 amide bonds. The van der Waals surface area contributed by atoms with E-state index >= 15 is 0 Å². The molecule has 0 aliphatic carbocycles. The highest BCUT2D eigenvalue weighted by atomic mass is 14.2. The first-order valence-electron chi connectivity index (χ1n) is 7.55. The third-order valence-corrected chi connectivity index (χ3v) is 3.67. The van der Waals surface area contributed by atoms with Crippen molar-refractivity contribution >= 4 is 0 Å². The maximum absolute atomic E-state index is 3.42. The zero-order chi connectivity index (χ0) is 15.3. The van der Waals surface area contributed by atoms with Crippen LogP contribution in [0.4, 0.5) is 0 Å². The van der Waals surface area contributed by atoms with Crippen molar-refractivity contribution in [2.45, 2.75) is 54.4 Å². The second-order valence-electron chi connectivity index (χ2n) is 6.17. The highest BCUT2D eigenvalue weighted by Gasteiger charge is 2.19. The Hall–Kier alpha value is -1.48. The molecule has 0 N–H and O–H groups in total. The van der Waals surface area contributed by atoms with Gasteiger partial charge in [0.2, 0.25) is 0 Å². The fourth-order valence-electron chi connectivity index (χ4n) is 2.81. The van der Waals surface area contributed by atoms with E-state index in [1.54, 1.807) is 0 Å². The smallest absolute Gasteiger partial charge is 0.0517 e. The van der Waals surface area contributed by atoms with Crippen LogP contribution in [-0.4, -0.2) is 0 Å². The number of aryl methyl sites for hydroxylation is 3. The SMILES string of the molecule is CC#C[C@H](c1c(C)cc(C)cc1C)[C@@H](C)/C=C/C(C)C. The summed E-state index contributed by atoms with van der Waals surface area (Å²) < 4.78 is 0. The van der Waals surface area contributed by atoms with Gasteiger partial charge in [0, 0.05) is 0 Å². The minimum absolute atomic E-state index is 0.288. The average molecular weight is 268 g/mol. The van der Waals surface area contributed by atoms with Crippen molar-refractivity contribution in [3.05, 3.63) is 46.5 Å². The summed E-state index contributed by atoms with van der Waals surface area (Å²) in [7, 11) is 0. The molecular weight excluding hydrogens is 240 g/mol. The zero-order valence-corrected chi connectivity index (χ0v) is 14.0. The van der Waals surface area contributed by atoms with E-state index < -0.39 is 0 Å². The van der Waals surface area contributed by atoms with Crippen molar-refractivity contribution in [1.82, 2.24) is 0 Å². The Morgan fingerprint density at radius 1 is 0.950 bits per heavy atom. The molecule has 2 atom stereocenters. The lowest BCUT2D eigenvalue weighted by Gasteiger charge is -2.22. The molecule has 0 fully saturated rings. The fraction of sp³-hybridized carbons (Fsp3) is 0.500. The maximum Gasteiger partial charge on any atom is 0.0517 e. The zero-order valence-electron chi connectivity index (χ0n) is 14.0. The summed E-state index contributed by atoms with van der Waals surface area (Å²) in [5.74, 6) is 7.86. The van der Waals surface area contributed by atoms with Crippen LogP contribution in [0.2, 0.25) is 0 Å². The molecule has 0 aromatic heterocycles. The van der Waals surface area contributed by atoms with E-state index in [-0.39, 0.29) is 5.92 Å². The van der Waals surface area contributed by atoms with Crippen LogP contribution < -0.4 is 0 Å². The molecule has 0 saturated carbocycles. The van der Waals surface area contributed by atoms with E-state index in [4.69, 9.17) is 0 Å². The van der Waals surface area contributed by atoms with Gasteiger partial charge >= 0.3 is 0 Å². The van der Waals surface area contributed by atoms with E-state index in [9.17, 15) is 0 Å². The van der Waals surface area contributed by atoms with Crippen molar-refractivity contribution in [1.29, 1.82) is 0 Å². The summed E-state index contributed by atoms with van der Waals surface area (Å²) in [6.07, 6.45) is 4.60. The van der Waals surface area contributed by atoms with Crippen molar-refractivity contribution in [2.75, 3.05) is 0 Å². The molecule has 0 aliphatic heterocycles. The van der Waals surface area contributed by atoms with E-state index in [1.165, 1.54) is 22.3 Å². The predicted octanol–water partition coefficient (Wildman–Crippen LogP) is 5.57. The Labute approximate surface area is 125 Å². The monoisotopic (exact) mass is 268 g/mol. The van der Waals surface area contributed by atoms with Crippen molar-refractivity contribution in [2.24, 2.45) is 11.8 Å². The Kier molecular flexibility index (Phi) is 6.08. The number of allylic oxidation sites excluding steroid dienone is 2. The van der Waals surface area contributed by atoms with Crippen molar-refractivity contribution in [3.8, 4) is 11.8 Å². The van der Waals surface area contributed by atoms with Gasteiger partial charge in [-0.15, -0.1) is 5.92 Å². The predicted molar refractivity (Wildman–Crippen MR) is 90.0 cm³/mol. The summed E-state index contributed by atoms with van der Waals surface area (Å²) in [6, 6.07) is 4.54. The number of rotatable bonds is 4. The molecular formula is C20H28. The van der Waals surface area contributed by atoms with Crippen molar-refractivity contribution in [3.63, 3.8) is 0 Å². The summed E-state index contributed by atoms with van der Waals surface area (Å²) in [5.41, 5.74) is 5.46. The Morgan fingerprint density at radius 3 is 1.95 bits per heavy atom. The fourth-order valence-corrected chi connectivity index (χ4v) is 2.81. The molecule has 0 saturated heterocycles. The Balaban J connectivity index is 3.23. The van der Waals surface area contributed by atoms with Gasteiger partial charge in [-0.1, -0.05) is 56.5 Å². The second kappa shape index (κ2) is 7.34. The number of hydrogen-bond donors (Lipinski definition) is 0. The quantitative estimate of drug-likeness (QED) is 0.495. The van der Waals surface area contributed by atoms with E-state index in [0.717, 1.165) is 0 Å². The third kappa shape index (κ3) is 4.27. The van der Waals surface area contributed by atoms with Crippen LogP contribution in [0, 0.1) is 44.4 Å². The van der Waals surface area contributed by atoms with E-state index in [2.05, 4.69) is 77.7 Å². The van der Waals surface area contributed by atoms with Gasteiger partial charge in [0.05, 0.1) is 5.92 Å². The normalized spacial score (nSPS) is 14.2. The van der Waals surface area contributed by atoms with Crippen LogP contribution in [0.3, 0.4) is 0 Å². The summed E-state index contributed by atoms with van der Waals surface area (Å²) in [6.45, 7) is 15.2. The highest BCUT2D eigenvalue weighted by Crippen LogP contribution is 2.31. The lowest BCUT2D eigenvalue weighted by Crippen LogP contribution is -2.10. The van der Waals surface area contributed by atoms with Crippen LogP contribution in [0.15, 0.2) is 24.3 Å². The van der Waals surface area contributed by atoms with Gasteiger partial charge in [0.1, 0.15) is 0 Å². The molecule has 0 heterocycles. The van der Waals surface area contributed by atoms with Gasteiger partial charge in [-0.05, 0) is 56.2 Å². The largest absolute Gasteiger partial charge is 0.106 e. The van der Waals surface area contributed by atoms with Crippen LogP contribution >= 0.6 is 0 Å². The summed E-state index contributed by atoms with van der Waals surface area (Å²) in [5, 5.41) is 0. The van der Waals surface area contributed by atoms with Gasteiger partial charge in [-0.3, -0.25) is 0 Å². The van der Waals surface area contributed by atoms with Crippen LogP contribution in [-0.2, 0) is 0 Å². The molecule has 1 aromatic rings. The molecule has 20 heavy (non-hydrogen) atoms. The lowest BCUT2D eigenvalue weighted by atomic mass is 9.81. The number of hydrogen-bond acceptors (Lipinski definition) is 0. The molecule has 0 nitrogen and oxygen atoms in total. The molecule has 0 heteroatoms. The van der Waals surface area contributed by atoms with E-state index in [0.29, 0.717) is 11.8 Å².